The standard InChI is InChI=1S/C29H33NO/c1-2-3-4-5-8-18-31-24-16-17-28-27(20-24)25-12-9-13-26(25)29(30-28)23-15-14-21-10-6-7-11-22(21)19-23/h6-7,9-12,14-17,19-20,25-26,29-30H,2-5,8,13,18H2,1H3. The maximum absolute atomic E-state index is 6.11. The number of benzene rings is 3. The van der Waals surface area contributed by atoms with E-state index in [9.17, 15) is 0 Å². The molecule has 0 spiro atoms. The Hall–Kier alpha value is -2.74. The highest BCUT2D eigenvalue weighted by atomic mass is 16.5. The molecule has 1 N–H and O–H groups in total. The summed E-state index contributed by atoms with van der Waals surface area (Å²) in [6.45, 7) is 3.08. The van der Waals surface area contributed by atoms with Crippen LogP contribution in [-0.2, 0) is 0 Å². The van der Waals surface area contributed by atoms with Crippen LogP contribution in [0.3, 0.4) is 0 Å². The van der Waals surface area contributed by atoms with E-state index in [4.69, 9.17) is 4.74 Å². The Morgan fingerprint density at radius 1 is 0.903 bits per heavy atom. The third-order valence-electron chi connectivity index (χ3n) is 6.98. The van der Waals surface area contributed by atoms with Gasteiger partial charge in [0, 0.05) is 11.6 Å². The second kappa shape index (κ2) is 9.18. The fourth-order valence-electron chi connectivity index (χ4n) is 5.29. The molecular weight excluding hydrogens is 378 g/mol. The van der Waals surface area contributed by atoms with Crippen LogP contribution in [0.25, 0.3) is 10.8 Å². The number of allylic oxidation sites excluding steroid dienone is 2. The number of fused-ring (bicyclic) bond motifs is 4. The fourth-order valence-corrected chi connectivity index (χ4v) is 5.29. The molecule has 5 rings (SSSR count). The highest BCUT2D eigenvalue weighted by Gasteiger charge is 2.38. The predicted molar refractivity (Wildman–Crippen MR) is 131 cm³/mol. The summed E-state index contributed by atoms with van der Waals surface area (Å²) in [5.74, 6) is 2.03. The molecule has 0 aromatic heterocycles. The average Bonchev–Trinajstić information content (AvgIpc) is 3.31. The molecule has 0 saturated heterocycles. The first-order valence-electron chi connectivity index (χ1n) is 12.0. The van der Waals surface area contributed by atoms with Crippen LogP contribution in [0, 0.1) is 5.92 Å². The molecule has 160 valence electrons. The number of anilines is 1. The predicted octanol–water partition coefficient (Wildman–Crippen LogP) is 8.02. The molecular formula is C29H33NO. The van der Waals surface area contributed by atoms with Crippen molar-refractivity contribution >= 4 is 16.5 Å². The van der Waals surface area contributed by atoms with Gasteiger partial charge in [-0.3, -0.25) is 0 Å². The van der Waals surface area contributed by atoms with Gasteiger partial charge in [0.25, 0.3) is 0 Å². The van der Waals surface area contributed by atoms with Gasteiger partial charge in [-0.1, -0.05) is 81.2 Å². The first-order chi connectivity index (χ1) is 15.3. The number of nitrogens with one attached hydrogen (secondary N) is 1. The van der Waals surface area contributed by atoms with E-state index in [1.807, 2.05) is 0 Å². The van der Waals surface area contributed by atoms with E-state index in [0.29, 0.717) is 17.9 Å². The molecule has 1 aliphatic heterocycles. The van der Waals surface area contributed by atoms with Gasteiger partial charge in [-0.25, -0.2) is 0 Å². The van der Waals surface area contributed by atoms with Crippen molar-refractivity contribution in [2.24, 2.45) is 5.92 Å². The van der Waals surface area contributed by atoms with Gasteiger partial charge in [-0.2, -0.15) is 0 Å². The number of hydrogen-bond acceptors (Lipinski definition) is 2. The molecule has 2 aliphatic rings. The molecule has 3 aromatic carbocycles. The van der Waals surface area contributed by atoms with Gasteiger partial charge < -0.3 is 10.1 Å². The summed E-state index contributed by atoms with van der Waals surface area (Å²) in [6, 6.07) is 22.5. The highest BCUT2D eigenvalue weighted by molar-refractivity contribution is 5.83. The van der Waals surface area contributed by atoms with Crippen LogP contribution >= 0.6 is 0 Å². The Kier molecular flexibility index (Phi) is 5.97. The summed E-state index contributed by atoms with van der Waals surface area (Å²) in [6.07, 6.45) is 12.2. The Balaban J connectivity index is 1.34. The van der Waals surface area contributed by atoms with Gasteiger partial charge in [0.05, 0.1) is 12.6 Å². The van der Waals surface area contributed by atoms with Crippen molar-refractivity contribution in [3.05, 3.63) is 83.9 Å². The van der Waals surface area contributed by atoms with Crippen LogP contribution in [0.2, 0.25) is 0 Å². The van der Waals surface area contributed by atoms with Crippen molar-refractivity contribution in [2.75, 3.05) is 11.9 Å². The maximum Gasteiger partial charge on any atom is 0.119 e. The largest absolute Gasteiger partial charge is 0.494 e. The molecule has 3 aromatic rings. The summed E-state index contributed by atoms with van der Waals surface area (Å²) < 4.78 is 6.11. The Morgan fingerprint density at radius 2 is 1.77 bits per heavy atom. The van der Waals surface area contributed by atoms with Crippen LogP contribution in [0.15, 0.2) is 72.8 Å². The molecule has 2 heteroatoms. The molecule has 1 aliphatic carbocycles. The molecule has 31 heavy (non-hydrogen) atoms. The van der Waals surface area contributed by atoms with Gasteiger partial charge in [0.1, 0.15) is 5.75 Å². The van der Waals surface area contributed by atoms with Crippen LogP contribution in [-0.4, -0.2) is 6.61 Å². The molecule has 1 heterocycles. The van der Waals surface area contributed by atoms with E-state index < -0.39 is 0 Å². The van der Waals surface area contributed by atoms with E-state index in [2.05, 4.69) is 85.1 Å². The summed E-state index contributed by atoms with van der Waals surface area (Å²) in [5, 5.41) is 6.49. The molecule has 0 bridgehead atoms. The lowest BCUT2D eigenvalue weighted by Gasteiger charge is -2.37. The Labute approximate surface area is 186 Å². The summed E-state index contributed by atoms with van der Waals surface area (Å²) in [4.78, 5) is 0. The van der Waals surface area contributed by atoms with Gasteiger partial charge in [-0.15, -0.1) is 0 Å². The van der Waals surface area contributed by atoms with E-state index in [1.54, 1.807) is 0 Å². The lowest BCUT2D eigenvalue weighted by Crippen LogP contribution is -2.29. The quantitative estimate of drug-likeness (QED) is 0.299. The fraction of sp³-hybridized carbons (Fsp3) is 0.379. The summed E-state index contributed by atoms with van der Waals surface area (Å²) in [7, 11) is 0. The molecule has 0 fully saturated rings. The van der Waals surface area contributed by atoms with Crippen molar-refractivity contribution in [3.8, 4) is 5.75 Å². The van der Waals surface area contributed by atoms with Crippen LogP contribution in [0.4, 0.5) is 5.69 Å². The third kappa shape index (κ3) is 4.21. The van der Waals surface area contributed by atoms with E-state index in [1.165, 1.54) is 53.3 Å². The number of hydrogen-bond donors (Lipinski definition) is 1. The minimum Gasteiger partial charge on any atom is -0.494 e. The second-order valence-corrected chi connectivity index (χ2v) is 9.09. The van der Waals surface area contributed by atoms with Crippen molar-refractivity contribution in [2.45, 2.75) is 57.4 Å². The third-order valence-corrected chi connectivity index (χ3v) is 6.98. The van der Waals surface area contributed by atoms with Crippen molar-refractivity contribution in [3.63, 3.8) is 0 Å². The smallest absolute Gasteiger partial charge is 0.119 e. The molecule has 0 saturated carbocycles. The lowest BCUT2D eigenvalue weighted by molar-refractivity contribution is 0.303. The molecule has 2 nitrogen and oxygen atoms in total. The van der Waals surface area contributed by atoms with E-state index in [-0.39, 0.29) is 0 Å². The Morgan fingerprint density at radius 3 is 2.68 bits per heavy atom. The van der Waals surface area contributed by atoms with Crippen LogP contribution in [0.1, 0.15) is 68.5 Å². The van der Waals surface area contributed by atoms with Crippen LogP contribution < -0.4 is 10.1 Å². The second-order valence-electron chi connectivity index (χ2n) is 9.09. The topological polar surface area (TPSA) is 21.3 Å². The van der Waals surface area contributed by atoms with Gasteiger partial charge in [0.15, 0.2) is 0 Å². The first kappa shape index (κ1) is 20.2. The van der Waals surface area contributed by atoms with E-state index >= 15 is 0 Å². The minimum atomic E-state index is 0.336. The normalized spacial score (nSPS) is 21.5. The number of ether oxygens (including phenoxy) is 1. The van der Waals surface area contributed by atoms with Gasteiger partial charge in [0.2, 0.25) is 0 Å². The molecule has 0 amide bonds. The molecule has 3 unspecified atom stereocenters. The Bertz CT molecular complexity index is 1070. The summed E-state index contributed by atoms with van der Waals surface area (Å²) >= 11 is 0. The zero-order chi connectivity index (χ0) is 21.0. The first-order valence-corrected chi connectivity index (χ1v) is 12.0. The van der Waals surface area contributed by atoms with Crippen LogP contribution in [0.5, 0.6) is 5.75 Å². The monoisotopic (exact) mass is 411 g/mol. The zero-order valence-corrected chi connectivity index (χ0v) is 18.5. The van der Waals surface area contributed by atoms with Crippen molar-refractivity contribution in [1.29, 1.82) is 0 Å². The lowest BCUT2D eigenvalue weighted by atomic mass is 9.77. The minimum absolute atomic E-state index is 0.336. The van der Waals surface area contributed by atoms with Crippen molar-refractivity contribution < 1.29 is 4.74 Å². The zero-order valence-electron chi connectivity index (χ0n) is 18.5. The average molecular weight is 412 g/mol. The van der Waals surface area contributed by atoms with Gasteiger partial charge >= 0.3 is 0 Å². The molecule has 0 radical (unpaired) electrons. The maximum atomic E-state index is 6.11. The number of rotatable bonds is 8. The SMILES string of the molecule is CCCCCCCOc1ccc2c(c1)C1C=CCC1C(c1ccc3ccccc3c1)N2. The van der Waals surface area contributed by atoms with Gasteiger partial charge in [-0.05, 0) is 64.9 Å². The van der Waals surface area contributed by atoms with E-state index in [0.717, 1.165) is 25.2 Å². The number of unbranched alkanes of at least 4 members (excludes halogenated alkanes) is 4. The summed E-state index contributed by atoms with van der Waals surface area (Å²) in [5.41, 5.74) is 4.02. The molecule has 3 atom stereocenters. The highest BCUT2D eigenvalue weighted by Crippen LogP contribution is 2.50. The van der Waals surface area contributed by atoms with Crippen molar-refractivity contribution in [1.82, 2.24) is 0 Å².